The molecule has 0 saturated carbocycles. The standard InChI is InChI=1S/C15H20N2O/c1-9(2)14(16)15-17-8-13(18-15)12-7-10(3)5-6-11(12)4/h5-9,14H,16H2,1-4H3. The summed E-state index contributed by atoms with van der Waals surface area (Å²) in [5.74, 6) is 1.72. The van der Waals surface area contributed by atoms with E-state index in [1.165, 1.54) is 11.1 Å². The van der Waals surface area contributed by atoms with Gasteiger partial charge in [0.1, 0.15) is 0 Å². The lowest BCUT2D eigenvalue weighted by molar-refractivity contribution is 0.394. The summed E-state index contributed by atoms with van der Waals surface area (Å²) in [4.78, 5) is 4.29. The van der Waals surface area contributed by atoms with Crippen LogP contribution in [0.1, 0.15) is 36.9 Å². The fourth-order valence-corrected chi connectivity index (χ4v) is 1.85. The Balaban J connectivity index is 2.38. The number of nitrogens with two attached hydrogens (primary N) is 1. The van der Waals surface area contributed by atoms with Crippen LogP contribution in [0.2, 0.25) is 0 Å². The first kappa shape index (κ1) is 12.8. The van der Waals surface area contributed by atoms with E-state index in [2.05, 4.69) is 50.9 Å². The van der Waals surface area contributed by atoms with Crippen molar-refractivity contribution in [3.8, 4) is 11.3 Å². The van der Waals surface area contributed by atoms with Crippen LogP contribution >= 0.6 is 0 Å². The molecule has 2 aromatic rings. The van der Waals surface area contributed by atoms with E-state index in [4.69, 9.17) is 10.2 Å². The fourth-order valence-electron chi connectivity index (χ4n) is 1.85. The molecular formula is C15H20N2O. The van der Waals surface area contributed by atoms with Crippen LogP contribution in [0, 0.1) is 19.8 Å². The summed E-state index contributed by atoms with van der Waals surface area (Å²) >= 11 is 0. The summed E-state index contributed by atoms with van der Waals surface area (Å²) in [6, 6.07) is 6.15. The van der Waals surface area contributed by atoms with Crippen molar-refractivity contribution in [3.05, 3.63) is 41.4 Å². The van der Waals surface area contributed by atoms with E-state index < -0.39 is 0 Å². The molecule has 2 rings (SSSR count). The SMILES string of the molecule is Cc1ccc(C)c(-c2cnc(C(N)C(C)C)o2)c1. The van der Waals surface area contributed by atoms with Crippen molar-refractivity contribution in [3.63, 3.8) is 0 Å². The third kappa shape index (κ3) is 2.46. The minimum absolute atomic E-state index is 0.149. The van der Waals surface area contributed by atoms with Gasteiger partial charge in [0.05, 0.1) is 12.2 Å². The van der Waals surface area contributed by atoms with E-state index in [1.54, 1.807) is 6.20 Å². The van der Waals surface area contributed by atoms with Gasteiger partial charge in [0, 0.05) is 5.56 Å². The highest BCUT2D eigenvalue weighted by Crippen LogP contribution is 2.28. The molecule has 3 nitrogen and oxygen atoms in total. The minimum atomic E-state index is -0.149. The van der Waals surface area contributed by atoms with E-state index >= 15 is 0 Å². The van der Waals surface area contributed by atoms with E-state index in [9.17, 15) is 0 Å². The Bertz CT molecular complexity index is 543. The molecule has 1 atom stereocenters. The molecule has 1 aromatic heterocycles. The summed E-state index contributed by atoms with van der Waals surface area (Å²) in [5, 5.41) is 0. The van der Waals surface area contributed by atoms with E-state index in [1.807, 2.05) is 0 Å². The molecule has 0 saturated heterocycles. The molecule has 0 aliphatic rings. The Kier molecular flexibility index (Phi) is 3.53. The topological polar surface area (TPSA) is 52.0 Å². The van der Waals surface area contributed by atoms with Gasteiger partial charge in [-0.3, -0.25) is 0 Å². The molecule has 0 aliphatic carbocycles. The van der Waals surface area contributed by atoms with Crippen molar-refractivity contribution in [1.82, 2.24) is 4.98 Å². The zero-order chi connectivity index (χ0) is 13.3. The molecular weight excluding hydrogens is 224 g/mol. The first-order valence-electron chi connectivity index (χ1n) is 6.28. The summed E-state index contributed by atoms with van der Waals surface area (Å²) in [6.07, 6.45) is 1.76. The number of aromatic nitrogens is 1. The lowest BCUT2D eigenvalue weighted by atomic mass is 10.0. The van der Waals surface area contributed by atoms with Gasteiger partial charge in [0.15, 0.2) is 5.76 Å². The predicted octanol–water partition coefficient (Wildman–Crippen LogP) is 3.61. The summed E-state index contributed by atoms with van der Waals surface area (Å²) in [7, 11) is 0. The number of aryl methyl sites for hydroxylation is 2. The molecule has 18 heavy (non-hydrogen) atoms. The van der Waals surface area contributed by atoms with Gasteiger partial charge in [-0.05, 0) is 31.4 Å². The molecule has 0 aliphatic heterocycles. The zero-order valence-corrected chi connectivity index (χ0v) is 11.4. The first-order chi connectivity index (χ1) is 8.49. The molecule has 3 heteroatoms. The molecule has 0 radical (unpaired) electrons. The summed E-state index contributed by atoms with van der Waals surface area (Å²) < 4.78 is 5.79. The van der Waals surface area contributed by atoms with E-state index in [0.717, 1.165) is 11.3 Å². The van der Waals surface area contributed by atoms with Crippen LogP contribution in [0.4, 0.5) is 0 Å². The monoisotopic (exact) mass is 244 g/mol. The van der Waals surface area contributed by atoms with Crippen molar-refractivity contribution >= 4 is 0 Å². The van der Waals surface area contributed by atoms with Crippen molar-refractivity contribution in [2.24, 2.45) is 11.7 Å². The fraction of sp³-hybridized carbons (Fsp3) is 0.400. The molecule has 0 amide bonds. The van der Waals surface area contributed by atoms with Gasteiger partial charge in [-0.15, -0.1) is 0 Å². The second kappa shape index (κ2) is 4.94. The average Bonchev–Trinajstić information content (AvgIpc) is 2.80. The van der Waals surface area contributed by atoms with Crippen molar-refractivity contribution < 1.29 is 4.42 Å². The number of nitrogens with zero attached hydrogens (tertiary/aromatic N) is 1. The van der Waals surface area contributed by atoms with Crippen LogP contribution in [-0.2, 0) is 0 Å². The molecule has 1 aromatic carbocycles. The molecule has 0 fully saturated rings. The van der Waals surface area contributed by atoms with E-state index in [-0.39, 0.29) is 6.04 Å². The van der Waals surface area contributed by atoms with Gasteiger partial charge in [-0.1, -0.05) is 31.5 Å². The van der Waals surface area contributed by atoms with Crippen LogP contribution in [0.15, 0.2) is 28.8 Å². The zero-order valence-electron chi connectivity index (χ0n) is 11.4. The van der Waals surface area contributed by atoms with Crippen LogP contribution < -0.4 is 5.73 Å². The molecule has 1 heterocycles. The van der Waals surface area contributed by atoms with Crippen LogP contribution in [0.3, 0.4) is 0 Å². The van der Waals surface area contributed by atoms with Gasteiger partial charge in [-0.2, -0.15) is 0 Å². The summed E-state index contributed by atoms with van der Waals surface area (Å²) in [6.45, 7) is 8.26. The third-order valence-corrected chi connectivity index (χ3v) is 3.19. The maximum absolute atomic E-state index is 6.04. The highest BCUT2D eigenvalue weighted by Gasteiger charge is 2.17. The van der Waals surface area contributed by atoms with E-state index in [0.29, 0.717) is 11.8 Å². The Labute approximate surface area is 108 Å². The Morgan fingerprint density at radius 1 is 1.22 bits per heavy atom. The van der Waals surface area contributed by atoms with Gasteiger partial charge < -0.3 is 10.2 Å². The maximum Gasteiger partial charge on any atom is 0.212 e. The predicted molar refractivity (Wildman–Crippen MR) is 73.2 cm³/mol. The second-order valence-electron chi connectivity index (χ2n) is 5.15. The maximum atomic E-state index is 6.04. The Hall–Kier alpha value is -1.61. The van der Waals surface area contributed by atoms with Crippen LogP contribution in [-0.4, -0.2) is 4.98 Å². The number of rotatable bonds is 3. The molecule has 1 unspecified atom stereocenters. The van der Waals surface area contributed by atoms with Gasteiger partial charge in [0.25, 0.3) is 0 Å². The summed E-state index contributed by atoms with van der Waals surface area (Å²) in [5.41, 5.74) is 9.52. The largest absolute Gasteiger partial charge is 0.439 e. The number of benzene rings is 1. The normalized spacial score (nSPS) is 13.0. The minimum Gasteiger partial charge on any atom is -0.439 e. The van der Waals surface area contributed by atoms with Crippen molar-refractivity contribution in [2.75, 3.05) is 0 Å². The lowest BCUT2D eigenvalue weighted by Crippen LogP contribution is -2.16. The average molecular weight is 244 g/mol. The Morgan fingerprint density at radius 3 is 2.61 bits per heavy atom. The van der Waals surface area contributed by atoms with Crippen molar-refractivity contribution in [2.45, 2.75) is 33.7 Å². The molecule has 0 spiro atoms. The van der Waals surface area contributed by atoms with Gasteiger partial charge in [0.2, 0.25) is 5.89 Å². The number of hydrogen-bond donors (Lipinski definition) is 1. The molecule has 0 bridgehead atoms. The Morgan fingerprint density at radius 2 is 1.94 bits per heavy atom. The number of hydrogen-bond acceptors (Lipinski definition) is 3. The molecule has 2 N–H and O–H groups in total. The van der Waals surface area contributed by atoms with Crippen LogP contribution in [0.25, 0.3) is 11.3 Å². The van der Waals surface area contributed by atoms with Crippen molar-refractivity contribution in [1.29, 1.82) is 0 Å². The smallest absolute Gasteiger partial charge is 0.212 e. The van der Waals surface area contributed by atoms with Crippen LogP contribution in [0.5, 0.6) is 0 Å². The van der Waals surface area contributed by atoms with Gasteiger partial charge in [-0.25, -0.2) is 4.98 Å². The first-order valence-corrected chi connectivity index (χ1v) is 6.28. The second-order valence-corrected chi connectivity index (χ2v) is 5.15. The quantitative estimate of drug-likeness (QED) is 0.897. The lowest BCUT2D eigenvalue weighted by Gasteiger charge is -2.10. The number of oxazole rings is 1. The molecule has 96 valence electrons. The van der Waals surface area contributed by atoms with Gasteiger partial charge >= 0.3 is 0 Å². The highest BCUT2D eigenvalue weighted by molar-refractivity contribution is 5.62. The third-order valence-electron chi connectivity index (χ3n) is 3.19. The highest BCUT2D eigenvalue weighted by atomic mass is 16.4.